The average molecular weight is 270 g/mol. The van der Waals surface area contributed by atoms with Gasteiger partial charge in [0.1, 0.15) is 11.9 Å². The molecule has 1 unspecified atom stereocenters. The minimum atomic E-state index is -0.117. The number of hydrogen-bond donors (Lipinski definition) is 1. The van der Waals surface area contributed by atoms with Crippen molar-refractivity contribution in [2.45, 2.75) is 12.5 Å². The lowest BCUT2D eigenvalue weighted by atomic mass is 9.92. The van der Waals surface area contributed by atoms with E-state index in [0.717, 1.165) is 34.6 Å². The van der Waals surface area contributed by atoms with Gasteiger partial charge in [-0.1, -0.05) is 12.1 Å². The number of hydrogen-bond acceptors (Lipinski definition) is 4. The van der Waals surface area contributed by atoms with Crippen molar-refractivity contribution in [1.82, 2.24) is 0 Å². The molecule has 1 atom stereocenters. The first-order valence-corrected chi connectivity index (χ1v) is 6.64. The van der Waals surface area contributed by atoms with Crippen molar-refractivity contribution in [3.63, 3.8) is 0 Å². The van der Waals surface area contributed by atoms with E-state index in [9.17, 15) is 5.11 Å². The quantitative estimate of drug-likeness (QED) is 0.865. The molecule has 20 heavy (non-hydrogen) atoms. The van der Waals surface area contributed by atoms with Gasteiger partial charge in [0.05, 0.1) is 6.61 Å². The number of phenols is 1. The van der Waals surface area contributed by atoms with Crippen LogP contribution in [0.3, 0.4) is 0 Å². The van der Waals surface area contributed by atoms with Gasteiger partial charge in [-0.25, -0.2) is 0 Å². The summed E-state index contributed by atoms with van der Waals surface area (Å²) in [6, 6.07) is 11.3. The normalized spacial score (nSPS) is 19.7. The van der Waals surface area contributed by atoms with Crippen molar-refractivity contribution < 1.29 is 19.3 Å². The Morgan fingerprint density at radius 1 is 1.00 bits per heavy atom. The minimum absolute atomic E-state index is 0.117. The summed E-state index contributed by atoms with van der Waals surface area (Å²) in [5.74, 6) is 1.84. The molecule has 1 N–H and O–H groups in total. The van der Waals surface area contributed by atoms with Gasteiger partial charge in [-0.15, -0.1) is 0 Å². The van der Waals surface area contributed by atoms with Crippen LogP contribution in [0.25, 0.3) is 0 Å². The van der Waals surface area contributed by atoms with Crippen LogP contribution in [-0.4, -0.2) is 18.5 Å². The summed E-state index contributed by atoms with van der Waals surface area (Å²) in [5.41, 5.74) is 3.28. The van der Waals surface area contributed by atoms with Crippen LogP contribution >= 0.6 is 0 Å². The van der Waals surface area contributed by atoms with Gasteiger partial charge in [-0.05, 0) is 47.4 Å². The van der Waals surface area contributed by atoms with Crippen molar-refractivity contribution >= 4 is 0 Å². The maximum atomic E-state index is 9.59. The molecular weight excluding hydrogens is 256 g/mol. The Hall–Kier alpha value is -2.20. The zero-order chi connectivity index (χ0) is 13.5. The molecule has 2 aromatic carbocycles. The highest BCUT2D eigenvalue weighted by Crippen LogP contribution is 2.39. The molecule has 0 saturated heterocycles. The Balaban J connectivity index is 1.77. The summed E-state index contributed by atoms with van der Waals surface area (Å²) in [4.78, 5) is 0. The third-order valence-electron chi connectivity index (χ3n) is 3.76. The van der Waals surface area contributed by atoms with Crippen LogP contribution in [0.4, 0.5) is 0 Å². The van der Waals surface area contributed by atoms with Gasteiger partial charge in [0.25, 0.3) is 0 Å². The molecule has 0 radical (unpaired) electrons. The largest absolute Gasteiger partial charge is 0.508 e. The molecule has 2 heterocycles. The molecule has 4 heteroatoms. The lowest BCUT2D eigenvalue weighted by molar-refractivity contribution is 0.0696. The van der Waals surface area contributed by atoms with Crippen molar-refractivity contribution in [2.75, 3.05) is 13.4 Å². The average Bonchev–Trinajstić information content (AvgIpc) is 2.93. The number of ether oxygens (including phenoxy) is 3. The predicted molar refractivity (Wildman–Crippen MR) is 72.2 cm³/mol. The second-order valence-electron chi connectivity index (χ2n) is 5.00. The molecule has 0 bridgehead atoms. The SMILES string of the molecule is Oc1ccc2c(c1)CCOC2c1ccc2c(c1)OCO2. The van der Waals surface area contributed by atoms with E-state index < -0.39 is 0 Å². The highest BCUT2D eigenvalue weighted by atomic mass is 16.7. The molecule has 0 aliphatic carbocycles. The Morgan fingerprint density at radius 3 is 2.85 bits per heavy atom. The van der Waals surface area contributed by atoms with Crippen molar-refractivity contribution in [2.24, 2.45) is 0 Å². The van der Waals surface area contributed by atoms with Crippen LogP contribution < -0.4 is 9.47 Å². The summed E-state index contributed by atoms with van der Waals surface area (Å²) in [6.45, 7) is 0.921. The smallest absolute Gasteiger partial charge is 0.231 e. The first-order chi connectivity index (χ1) is 9.81. The standard InChI is InChI=1S/C16H14O4/c17-12-2-3-13-10(7-12)5-6-18-16(13)11-1-4-14-15(8-11)20-9-19-14/h1-4,7-8,16-17H,5-6,9H2. The van der Waals surface area contributed by atoms with Crippen molar-refractivity contribution in [3.05, 3.63) is 53.1 Å². The summed E-state index contributed by atoms with van der Waals surface area (Å²) in [7, 11) is 0. The van der Waals surface area contributed by atoms with E-state index in [1.165, 1.54) is 0 Å². The first kappa shape index (κ1) is 11.6. The maximum Gasteiger partial charge on any atom is 0.231 e. The lowest BCUT2D eigenvalue weighted by Crippen LogP contribution is -2.17. The molecule has 4 rings (SSSR count). The Labute approximate surface area is 116 Å². The zero-order valence-electron chi connectivity index (χ0n) is 10.8. The van der Waals surface area contributed by atoms with E-state index in [1.807, 2.05) is 30.3 Å². The Morgan fingerprint density at radius 2 is 1.90 bits per heavy atom. The second-order valence-corrected chi connectivity index (χ2v) is 5.00. The van der Waals surface area contributed by atoms with Gasteiger partial charge in [0.2, 0.25) is 6.79 Å². The third kappa shape index (κ3) is 1.80. The molecule has 2 aromatic rings. The number of rotatable bonds is 1. The summed E-state index contributed by atoms with van der Waals surface area (Å²) in [5, 5.41) is 9.59. The maximum absolute atomic E-state index is 9.59. The molecule has 0 aromatic heterocycles. The molecule has 2 aliphatic rings. The summed E-state index contributed by atoms with van der Waals surface area (Å²) in [6.07, 6.45) is 0.707. The van der Waals surface area contributed by atoms with Crippen LogP contribution in [0.2, 0.25) is 0 Å². The second kappa shape index (κ2) is 4.42. The summed E-state index contributed by atoms with van der Waals surface area (Å²) < 4.78 is 16.7. The number of benzene rings is 2. The number of phenolic OH excluding ortho intramolecular Hbond substituents is 1. The number of fused-ring (bicyclic) bond motifs is 2. The van der Waals surface area contributed by atoms with E-state index in [2.05, 4.69) is 0 Å². The topological polar surface area (TPSA) is 47.9 Å². The fourth-order valence-corrected chi connectivity index (χ4v) is 2.79. The molecular formula is C16H14O4. The molecule has 2 aliphatic heterocycles. The van der Waals surface area contributed by atoms with Gasteiger partial charge in [0.15, 0.2) is 11.5 Å². The Kier molecular flexibility index (Phi) is 2.57. The first-order valence-electron chi connectivity index (χ1n) is 6.64. The van der Waals surface area contributed by atoms with E-state index in [-0.39, 0.29) is 12.9 Å². The van der Waals surface area contributed by atoms with Gasteiger partial charge < -0.3 is 19.3 Å². The minimum Gasteiger partial charge on any atom is -0.508 e. The van der Waals surface area contributed by atoms with E-state index in [4.69, 9.17) is 14.2 Å². The third-order valence-corrected chi connectivity index (χ3v) is 3.76. The van der Waals surface area contributed by atoms with Crippen LogP contribution in [0.1, 0.15) is 22.8 Å². The molecule has 4 nitrogen and oxygen atoms in total. The Bertz CT molecular complexity index is 666. The molecule has 0 fully saturated rings. The van der Waals surface area contributed by atoms with Crippen molar-refractivity contribution in [3.8, 4) is 17.2 Å². The van der Waals surface area contributed by atoms with Crippen LogP contribution in [0, 0.1) is 0 Å². The molecule has 0 saturated carbocycles. The number of aromatic hydroxyl groups is 1. The van der Waals surface area contributed by atoms with Crippen LogP contribution in [0.5, 0.6) is 17.2 Å². The van der Waals surface area contributed by atoms with E-state index >= 15 is 0 Å². The molecule has 0 amide bonds. The highest BCUT2D eigenvalue weighted by Gasteiger charge is 2.25. The molecule has 0 spiro atoms. The monoisotopic (exact) mass is 270 g/mol. The van der Waals surface area contributed by atoms with E-state index in [1.54, 1.807) is 6.07 Å². The van der Waals surface area contributed by atoms with Gasteiger partial charge in [0, 0.05) is 0 Å². The lowest BCUT2D eigenvalue weighted by Gasteiger charge is -2.26. The zero-order valence-corrected chi connectivity index (χ0v) is 10.8. The predicted octanol–water partition coefficient (Wildman–Crippen LogP) is 2.78. The van der Waals surface area contributed by atoms with Gasteiger partial charge in [-0.2, -0.15) is 0 Å². The highest BCUT2D eigenvalue weighted by molar-refractivity contribution is 5.48. The molecule has 102 valence electrons. The van der Waals surface area contributed by atoms with Crippen LogP contribution in [-0.2, 0) is 11.2 Å². The van der Waals surface area contributed by atoms with Gasteiger partial charge >= 0.3 is 0 Å². The fourth-order valence-electron chi connectivity index (χ4n) is 2.79. The van der Waals surface area contributed by atoms with Gasteiger partial charge in [-0.3, -0.25) is 0 Å². The fraction of sp³-hybridized carbons (Fsp3) is 0.250. The summed E-state index contributed by atoms with van der Waals surface area (Å²) >= 11 is 0. The van der Waals surface area contributed by atoms with E-state index in [0.29, 0.717) is 12.4 Å². The van der Waals surface area contributed by atoms with Crippen molar-refractivity contribution in [1.29, 1.82) is 0 Å². The van der Waals surface area contributed by atoms with Crippen LogP contribution in [0.15, 0.2) is 36.4 Å².